The molecule has 214 valence electrons. The van der Waals surface area contributed by atoms with Crippen LogP contribution in [0.15, 0.2) is 47.4 Å². The molecule has 1 fully saturated rings. The fraction of sp³-hybridized carbons (Fsp3) is 0.480. The van der Waals surface area contributed by atoms with Gasteiger partial charge in [0.1, 0.15) is 11.9 Å². The lowest BCUT2D eigenvalue weighted by Crippen LogP contribution is -2.49. The Bertz CT molecular complexity index is 1330. The number of nitrogens with zero attached hydrogens (tertiary/aromatic N) is 2. The van der Waals surface area contributed by atoms with Gasteiger partial charge in [-0.05, 0) is 61.2 Å². The van der Waals surface area contributed by atoms with Crippen LogP contribution in [-0.4, -0.2) is 83.3 Å². The number of benzene rings is 2. The monoisotopic (exact) mass is 576 g/mol. The molecule has 9 nitrogen and oxygen atoms in total. The van der Waals surface area contributed by atoms with Crippen molar-refractivity contribution in [2.45, 2.75) is 67.2 Å². The van der Waals surface area contributed by atoms with Gasteiger partial charge >= 0.3 is 6.18 Å². The van der Waals surface area contributed by atoms with E-state index in [9.17, 15) is 51.2 Å². The number of carbonyl (C=O) groups excluding carboxylic acids is 1. The lowest BCUT2D eigenvalue weighted by Gasteiger charge is -2.39. The van der Waals surface area contributed by atoms with Crippen molar-refractivity contribution in [2.75, 3.05) is 17.5 Å². The zero-order chi connectivity index (χ0) is 28.9. The number of anilines is 1. The molecular weight excluding hydrogens is 548 g/mol. The molecule has 0 aliphatic carbocycles. The van der Waals surface area contributed by atoms with E-state index >= 15 is 0 Å². The number of fused-ring (bicyclic) bond motifs is 1. The number of carbonyl (C=O) groups is 1. The second-order valence-corrected chi connectivity index (χ2v) is 11.7. The van der Waals surface area contributed by atoms with Crippen LogP contribution in [0.3, 0.4) is 0 Å². The van der Waals surface area contributed by atoms with Gasteiger partial charge in [0.25, 0.3) is 10.0 Å². The Morgan fingerprint density at radius 2 is 1.74 bits per heavy atom. The maximum Gasteiger partial charge on any atom is 0.421 e. The first-order valence-corrected chi connectivity index (χ1v) is 13.5. The van der Waals surface area contributed by atoms with Crippen molar-refractivity contribution in [1.82, 2.24) is 4.90 Å². The molecule has 4 N–H and O–H groups in total. The van der Waals surface area contributed by atoms with Gasteiger partial charge in [0.2, 0.25) is 5.91 Å². The average Bonchev–Trinajstić information content (AvgIpc) is 3.16. The lowest BCUT2D eigenvalue weighted by atomic mass is 9.89. The van der Waals surface area contributed by atoms with Crippen molar-refractivity contribution in [3.8, 4) is 0 Å². The number of rotatable bonds is 6. The van der Waals surface area contributed by atoms with E-state index in [4.69, 9.17) is 0 Å². The third-order valence-corrected chi connectivity index (χ3v) is 9.25. The second-order valence-electron chi connectivity index (χ2n) is 9.92. The topological polar surface area (TPSA) is 139 Å². The minimum absolute atomic E-state index is 0.000479. The van der Waals surface area contributed by atoms with Crippen LogP contribution >= 0.6 is 0 Å². The molecular formula is C25H28F4N2O7S. The van der Waals surface area contributed by atoms with E-state index in [1.165, 1.54) is 0 Å². The normalized spacial score (nSPS) is 25.4. The molecule has 5 atom stereocenters. The predicted octanol–water partition coefficient (Wildman–Crippen LogP) is 1.42. The molecule has 1 amide bonds. The molecule has 14 heteroatoms. The van der Waals surface area contributed by atoms with Crippen molar-refractivity contribution < 1.29 is 51.2 Å². The van der Waals surface area contributed by atoms with Crippen LogP contribution in [-0.2, 0) is 26.8 Å². The molecule has 2 aromatic carbocycles. The van der Waals surface area contributed by atoms with Gasteiger partial charge in [-0.15, -0.1) is 0 Å². The van der Waals surface area contributed by atoms with E-state index in [1.54, 1.807) is 0 Å². The van der Waals surface area contributed by atoms with E-state index in [1.807, 2.05) is 0 Å². The average molecular weight is 577 g/mol. The first kappa shape index (κ1) is 29.2. The van der Waals surface area contributed by atoms with E-state index in [0.717, 1.165) is 51.7 Å². The van der Waals surface area contributed by atoms with E-state index in [-0.39, 0.29) is 35.5 Å². The molecule has 4 rings (SSSR count). The fourth-order valence-corrected chi connectivity index (χ4v) is 6.75. The van der Waals surface area contributed by atoms with Crippen molar-refractivity contribution in [2.24, 2.45) is 0 Å². The molecule has 2 aromatic rings. The maximum absolute atomic E-state index is 13.8. The van der Waals surface area contributed by atoms with Crippen molar-refractivity contribution in [1.29, 1.82) is 0 Å². The summed E-state index contributed by atoms with van der Waals surface area (Å²) in [5.74, 6) is -1.35. The summed E-state index contributed by atoms with van der Waals surface area (Å²) in [5.41, 5.74) is -3.52. The standard InChI is InChI=1S/C25H28F4N2O7S/c1-24(36,25(27,28)29)15-3-9-19-14(10-15)2-6-17(11-22(34)30-12-21(33)23(35)20(30)13-32)31(19)39(37,38)18-7-4-16(26)5-8-18/h3-5,7-10,17,20-21,23,32-33,35-36H,2,6,11-13H2,1H3/t17-,20?,21-,23+,24?/m0/s1. The van der Waals surface area contributed by atoms with Crippen LogP contribution in [0.25, 0.3) is 0 Å². The summed E-state index contributed by atoms with van der Waals surface area (Å²) in [6, 6.07) is 4.93. The number of alkyl halides is 3. The quantitative estimate of drug-likeness (QED) is 0.382. The van der Waals surface area contributed by atoms with Gasteiger partial charge in [-0.1, -0.05) is 12.1 Å². The Morgan fingerprint density at radius 3 is 2.33 bits per heavy atom. The zero-order valence-corrected chi connectivity index (χ0v) is 21.5. The number of hydrogen-bond donors (Lipinski definition) is 4. The number of sulfonamides is 1. The van der Waals surface area contributed by atoms with Crippen LogP contribution in [0.1, 0.15) is 30.9 Å². The number of aliphatic hydroxyl groups excluding tert-OH is 3. The number of amides is 1. The number of aliphatic hydroxyl groups is 4. The van der Waals surface area contributed by atoms with Crippen LogP contribution in [0, 0.1) is 5.82 Å². The summed E-state index contributed by atoms with van der Waals surface area (Å²) in [7, 11) is -4.46. The third-order valence-electron chi connectivity index (χ3n) is 7.37. The van der Waals surface area contributed by atoms with E-state index in [0.29, 0.717) is 6.92 Å². The molecule has 0 radical (unpaired) electrons. The Labute approximate surface area is 222 Å². The Balaban J connectivity index is 1.76. The molecule has 2 unspecified atom stereocenters. The minimum Gasteiger partial charge on any atom is -0.394 e. The fourth-order valence-electron chi connectivity index (χ4n) is 5.03. The highest BCUT2D eigenvalue weighted by molar-refractivity contribution is 7.92. The zero-order valence-electron chi connectivity index (χ0n) is 20.7. The molecule has 0 aromatic heterocycles. The van der Waals surface area contributed by atoms with Gasteiger partial charge in [0.15, 0.2) is 5.60 Å². The number of β-amino-alcohol motifs (C(OH)–C–C–N with tert-alkyl or cyclic N) is 1. The Morgan fingerprint density at radius 1 is 1.10 bits per heavy atom. The summed E-state index contributed by atoms with van der Waals surface area (Å²) in [6.07, 6.45) is -8.07. The largest absolute Gasteiger partial charge is 0.421 e. The molecule has 2 aliphatic rings. The van der Waals surface area contributed by atoms with Gasteiger partial charge in [-0.3, -0.25) is 9.10 Å². The van der Waals surface area contributed by atoms with Gasteiger partial charge in [-0.25, -0.2) is 12.8 Å². The smallest absolute Gasteiger partial charge is 0.394 e. The number of aryl methyl sites for hydroxylation is 1. The van der Waals surface area contributed by atoms with Crippen LogP contribution in [0.2, 0.25) is 0 Å². The predicted molar refractivity (Wildman–Crippen MR) is 129 cm³/mol. The van der Waals surface area contributed by atoms with Crippen molar-refractivity contribution >= 4 is 21.6 Å². The third kappa shape index (κ3) is 5.23. The van der Waals surface area contributed by atoms with Gasteiger partial charge < -0.3 is 25.3 Å². The van der Waals surface area contributed by atoms with E-state index in [2.05, 4.69) is 0 Å². The molecule has 2 heterocycles. The Kier molecular flexibility index (Phi) is 7.73. The highest BCUT2D eigenvalue weighted by Crippen LogP contribution is 2.43. The second kappa shape index (κ2) is 10.3. The molecule has 0 saturated carbocycles. The van der Waals surface area contributed by atoms with Crippen molar-refractivity contribution in [3.05, 3.63) is 59.4 Å². The van der Waals surface area contributed by atoms with Crippen molar-refractivity contribution in [3.63, 3.8) is 0 Å². The number of hydrogen-bond acceptors (Lipinski definition) is 7. The van der Waals surface area contributed by atoms with Crippen LogP contribution in [0.4, 0.5) is 23.2 Å². The molecule has 0 bridgehead atoms. The molecule has 39 heavy (non-hydrogen) atoms. The van der Waals surface area contributed by atoms with E-state index < -0.39 is 76.4 Å². The SMILES string of the molecule is CC(O)(c1ccc2c(c1)CC[C@@H](CC(=O)N1C[C@H](O)[C@H](O)C1CO)N2S(=O)(=O)c1ccc(F)cc1)C(F)(F)F. The number of halogens is 4. The first-order valence-electron chi connectivity index (χ1n) is 12.1. The summed E-state index contributed by atoms with van der Waals surface area (Å²) in [6.45, 7) is -0.339. The Hall–Kier alpha value is -2.78. The summed E-state index contributed by atoms with van der Waals surface area (Å²) < 4.78 is 82.3. The summed E-state index contributed by atoms with van der Waals surface area (Å²) >= 11 is 0. The van der Waals surface area contributed by atoms with Crippen LogP contribution < -0.4 is 4.31 Å². The maximum atomic E-state index is 13.8. The minimum atomic E-state index is -5.00. The lowest BCUT2D eigenvalue weighted by molar-refractivity contribution is -0.258. The van der Waals surface area contributed by atoms with Crippen LogP contribution in [0.5, 0.6) is 0 Å². The molecule has 0 spiro atoms. The van der Waals surface area contributed by atoms with Gasteiger partial charge in [-0.2, -0.15) is 13.2 Å². The highest BCUT2D eigenvalue weighted by Gasteiger charge is 2.52. The van der Waals surface area contributed by atoms with Gasteiger partial charge in [0, 0.05) is 13.0 Å². The molecule has 1 saturated heterocycles. The summed E-state index contributed by atoms with van der Waals surface area (Å²) in [4.78, 5) is 13.9. The molecule has 2 aliphatic heterocycles. The van der Waals surface area contributed by atoms with Gasteiger partial charge in [0.05, 0.1) is 35.4 Å². The first-order chi connectivity index (χ1) is 18.1. The highest BCUT2D eigenvalue weighted by atomic mass is 32.2. The number of likely N-dealkylation sites (tertiary alicyclic amines) is 1. The summed E-state index contributed by atoms with van der Waals surface area (Å²) in [5, 5.41) is 39.8.